The molecule has 0 bridgehead atoms. The van der Waals surface area contributed by atoms with Crippen molar-refractivity contribution in [2.75, 3.05) is 25.9 Å². The normalized spacial score (nSPS) is 38.7. The molecular weight excluding hydrogens is 214 g/mol. The third-order valence-corrected chi connectivity index (χ3v) is 4.91. The highest BCUT2D eigenvalue weighted by Gasteiger charge is 2.37. The molecular formula is C9H18N3O2S. The number of hydrogen-bond acceptors (Lipinski definition) is 4. The van der Waals surface area contributed by atoms with Gasteiger partial charge in [0.25, 0.3) is 0 Å². The van der Waals surface area contributed by atoms with E-state index < -0.39 is 9.84 Å². The zero-order valence-electron chi connectivity index (χ0n) is 8.96. The fourth-order valence-corrected chi connectivity index (χ4v) is 3.37. The van der Waals surface area contributed by atoms with Crippen molar-refractivity contribution in [2.45, 2.75) is 30.3 Å². The zero-order chi connectivity index (χ0) is 11.1. The van der Waals surface area contributed by atoms with Gasteiger partial charge >= 0.3 is 0 Å². The van der Waals surface area contributed by atoms with Crippen LogP contribution in [0.3, 0.4) is 0 Å². The topological polar surface area (TPSA) is 77.5 Å². The van der Waals surface area contributed by atoms with Crippen molar-refractivity contribution in [3.8, 4) is 0 Å². The van der Waals surface area contributed by atoms with Gasteiger partial charge in [-0.05, 0) is 12.8 Å². The maximum absolute atomic E-state index is 11.4. The van der Waals surface area contributed by atoms with E-state index in [1.807, 2.05) is 0 Å². The van der Waals surface area contributed by atoms with Crippen LogP contribution < -0.4 is 11.1 Å². The number of likely N-dealkylation sites (tertiary alicyclic amines) is 1. The van der Waals surface area contributed by atoms with Crippen molar-refractivity contribution < 1.29 is 8.42 Å². The second-order valence-electron chi connectivity index (χ2n) is 4.51. The van der Waals surface area contributed by atoms with Gasteiger partial charge in [0.2, 0.25) is 0 Å². The van der Waals surface area contributed by atoms with Crippen molar-refractivity contribution in [3.05, 3.63) is 0 Å². The standard InChI is InChI=1S/C9H18N3O2S/c1-15(13,14)7-3-5-12(6-7)9-8(10)2-4-11-9/h7-9H,2-6,10H2,1H3. The van der Waals surface area contributed by atoms with E-state index in [0.717, 1.165) is 25.9 Å². The van der Waals surface area contributed by atoms with Gasteiger partial charge < -0.3 is 5.73 Å². The Bertz CT molecular complexity index is 330. The van der Waals surface area contributed by atoms with Gasteiger partial charge in [0.1, 0.15) is 0 Å². The molecule has 0 aromatic heterocycles. The van der Waals surface area contributed by atoms with Crippen LogP contribution in [0.25, 0.3) is 0 Å². The third-order valence-electron chi connectivity index (χ3n) is 3.32. The molecule has 2 aliphatic heterocycles. The SMILES string of the molecule is CS(=O)(=O)C1CCN(C2[N]CCC2N)C1. The molecule has 0 amide bonds. The highest BCUT2D eigenvalue weighted by molar-refractivity contribution is 7.91. The lowest BCUT2D eigenvalue weighted by atomic mass is 10.2. The summed E-state index contributed by atoms with van der Waals surface area (Å²) < 4.78 is 22.8. The Kier molecular flexibility index (Phi) is 3.03. The fraction of sp³-hybridized carbons (Fsp3) is 1.00. The van der Waals surface area contributed by atoms with Gasteiger partial charge in [0.15, 0.2) is 9.84 Å². The Balaban J connectivity index is 1.98. The summed E-state index contributed by atoms with van der Waals surface area (Å²) >= 11 is 0. The monoisotopic (exact) mass is 232 g/mol. The van der Waals surface area contributed by atoms with Crippen molar-refractivity contribution >= 4 is 9.84 Å². The van der Waals surface area contributed by atoms with E-state index in [4.69, 9.17) is 5.73 Å². The molecule has 2 N–H and O–H groups in total. The molecule has 0 aliphatic carbocycles. The lowest BCUT2D eigenvalue weighted by molar-refractivity contribution is 0.206. The Morgan fingerprint density at radius 3 is 2.60 bits per heavy atom. The minimum atomic E-state index is -2.91. The van der Waals surface area contributed by atoms with Crippen LogP contribution in [0.4, 0.5) is 0 Å². The first-order valence-corrected chi connectivity index (χ1v) is 7.29. The van der Waals surface area contributed by atoms with Crippen LogP contribution in [0, 0.1) is 0 Å². The summed E-state index contributed by atoms with van der Waals surface area (Å²) in [5, 5.41) is 4.20. The molecule has 87 valence electrons. The summed E-state index contributed by atoms with van der Waals surface area (Å²) in [4.78, 5) is 2.11. The van der Waals surface area contributed by atoms with Gasteiger partial charge in [-0.2, -0.15) is 0 Å². The molecule has 2 aliphatic rings. The van der Waals surface area contributed by atoms with Crippen LogP contribution in [-0.2, 0) is 9.84 Å². The average Bonchev–Trinajstić information content (AvgIpc) is 2.69. The Hall–Kier alpha value is -0.170. The Morgan fingerprint density at radius 2 is 2.13 bits per heavy atom. The van der Waals surface area contributed by atoms with Gasteiger partial charge in [-0.25, -0.2) is 13.7 Å². The van der Waals surface area contributed by atoms with Gasteiger partial charge in [-0.3, -0.25) is 4.90 Å². The molecule has 3 atom stereocenters. The smallest absolute Gasteiger partial charge is 0.151 e. The number of sulfone groups is 1. The second kappa shape index (κ2) is 4.01. The van der Waals surface area contributed by atoms with Crippen LogP contribution in [0.2, 0.25) is 0 Å². The summed E-state index contributed by atoms with van der Waals surface area (Å²) in [5.41, 5.74) is 5.93. The molecule has 0 spiro atoms. The van der Waals surface area contributed by atoms with Crippen molar-refractivity contribution in [3.63, 3.8) is 0 Å². The highest BCUT2D eigenvalue weighted by Crippen LogP contribution is 2.21. The van der Waals surface area contributed by atoms with E-state index in [0.29, 0.717) is 6.54 Å². The summed E-state index contributed by atoms with van der Waals surface area (Å²) in [6.45, 7) is 2.21. The van der Waals surface area contributed by atoms with Gasteiger partial charge in [-0.1, -0.05) is 0 Å². The molecule has 2 heterocycles. The fourth-order valence-electron chi connectivity index (χ4n) is 2.37. The lowest BCUT2D eigenvalue weighted by Gasteiger charge is -2.26. The number of rotatable bonds is 2. The zero-order valence-corrected chi connectivity index (χ0v) is 9.78. The Labute approximate surface area is 90.9 Å². The molecule has 15 heavy (non-hydrogen) atoms. The van der Waals surface area contributed by atoms with E-state index in [1.54, 1.807) is 0 Å². The predicted molar refractivity (Wildman–Crippen MR) is 58.2 cm³/mol. The molecule has 2 saturated heterocycles. The molecule has 0 aromatic carbocycles. The van der Waals surface area contributed by atoms with Crippen molar-refractivity contribution in [1.29, 1.82) is 0 Å². The largest absolute Gasteiger partial charge is 0.325 e. The molecule has 2 rings (SSSR count). The maximum Gasteiger partial charge on any atom is 0.151 e. The van der Waals surface area contributed by atoms with E-state index >= 15 is 0 Å². The van der Waals surface area contributed by atoms with Gasteiger partial charge in [0.05, 0.1) is 11.4 Å². The molecule has 0 aromatic rings. The summed E-state index contributed by atoms with van der Waals surface area (Å²) in [6.07, 6.45) is 3.01. The predicted octanol–water partition coefficient (Wildman–Crippen LogP) is -1.23. The first-order chi connectivity index (χ1) is 6.98. The van der Waals surface area contributed by atoms with Crippen molar-refractivity contribution in [1.82, 2.24) is 10.2 Å². The number of nitrogens with zero attached hydrogens (tertiary/aromatic N) is 2. The van der Waals surface area contributed by atoms with Crippen molar-refractivity contribution in [2.24, 2.45) is 5.73 Å². The van der Waals surface area contributed by atoms with Crippen LogP contribution >= 0.6 is 0 Å². The summed E-state index contributed by atoms with van der Waals surface area (Å²) in [5.74, 6) is 0. The highest BCUT2D eigenvalue weighted by atomic mass is 32.2. The molecule has 1 radical (unpaired) electrons. The summed E-state index contributed by atoms with van der Waals surface area (Å²) in [6, 6.07) is 0.0864. The van der Waals surface area contributed by atoms with Crippen LogP contribution in [0.1, 0.15) is 12.8 Å². The minimum absolute atomic E-state index is 0.0525. The molecule has 2 fully saturated rings. The van der Waals surface area contributed by atoms with E-state index in [2.05, 4.69) is 10.2 Å². The first kappa shape index (κ1) is 11.3. The van der Waals surface area contributed by atoms with Crippen LogP contribution in [-0.4, -0.2) is 56.7 Å². The quantitative estimate of drug-likeness (QED) is 0.646. The van der Waals surface area contributed by atoms with Gasteiger partial charge in [-0.15, -0.1) is 0 Å². The first-order valence-electron chi connectivity index (χ1n) is 5.33. The minimum Gasteiger partial charge on any atom is -0.325 e. The van der Waals surface area contributed by atoms with E-state index in [9.17, 15) is 8.42 Å². The van der Waals surface area contributed by atoms with E-state index in [1.165, 1.54) is 6.26 Å². The second-order valence-corrected chi connectivity index (χ2v) is 6.83. The molecule has 6 heteroatoms. The van der Waals surface area contributed by atoms with E-state index in [-0.39, 0.29) is 17.5 Å². The average molecular weight is 232 g/mol. The Morgan fingerprint density at radius 1 is 1.40 bits per heavy atom. The van der Waals surface area contributed by atoms with Gasteiger partial charge in [0, 0.05) is 31.9 Å². The van der Waals surface area contributed by atoms with Crippen LogP contribution in [0.15, 0.2) is 0 Å². The lowest BCUT2D eigenvalue weighted by Crippen LogP contribution is -2.47. The number of hydrogen-bond donors (Lipinski definition) is 1. The maximum atomic E-state index is 11.4. The number of nitrogens with two attached hydrogens (primary N) is 1. The summed E-state index contributed by atoms with van der Waals surface area (Å²) in [7, 11) is -2.91. The molecule has 3 unspecified atom stereocenters. The molecule has 5 nitrogen and oxygen atoms in total. The van der Waals surface area contributed by atoms with Crippen LogP contribution in [0.5, 0.6) is 0 Å². The molecule has 0 saturated carbocycles. The third kappa shape index (κ3) is 2.33.